The number of hydrogen-bond acceptors (Lipinski definition) is 3. The molecule has 1 heterocycles. The molecule has 2 aromatic rings. The number of thiazole rings is 1. The molecule has 80 valence electrons. The van der Waals surface area contributed by atoms with Gasteiger partial charge in [-0.1, -0.05) is 26.0 Å². The molecule has 1 N–H and O–H groups in total. The number of rotatable bonds is 3. The first-order chi connectivity index (χ1) is 7.22. The second-order valence-electron chi connectivity index (χ2n) is 3.94. The Labute approximate surface area is 93.6 Å². The summed E-state index contributed by atoms with van der Waals surface area (Å²) >= 11 is 1.75. The summed E-state index contributed by atoms with van der Waals surface area (Å²) in [7, 11) is 0. The Kier molecular flexibility index (Phi) is 3.03. The number of para-hydroxylation sites is 1. The van der Waals surface area contributed by atoms with Crippen molar-refractivity contribution < 1.29 is 5.11 Å². The zero-order chi connectivity index (χ0) is 10.8. The fourth-order valence-electron chi connectivity index (χ4n) is 1.59. The molecule has 0 spiro atoms. The van der Waals surface area contributed by atoms with Crippen LogP contribution in [0.25, 0.3) is 10.2 Å². The SMILES string of the molecule is CC(C)c1nc2c(CCO)cccc2s1. The third-order valence-electron chi connectivity index (χ3n) is 2.39. The molecular formula is C12H15NOS. The molecule has 1 aromatic carbocycles. The van der Waals surface area contributed by atoms with E-state index in [9.17, 15) is 0 Å². The Morgan fingerprint density at radius 3 is 2.87 bits per heavy atom. The van der Waals surface area contributed by atoms with Gasteiger partial charge in [-0.05, 0) is 18.1 Å². The average Bonchev–Trinajstić information content (AvgIpc) is 2.63. The first kappa shape index (κ1) is 10.6. The zero-order valence-corrected chi connectivity index (χ0v) is 9.84. The van der Waals surface area contributed by atoms with Gasteiger partial charge in [0.1, 0.15) is 0 Å². The van der Waals surface area contributed by atoms with Crippen LogP contribution in [-0.2, 0) is 6.42 Å². The third kappa shape index (κ3) is 2.03. The van der Waals surface area contributed by atoms with E-state index >= 15 is 0 Å². The molecule has 0 bridgehead atoms. The molecule has 0 radical (unpaired) electrons. The second kappa shape index (κ2) is 4.29. The summed E-state index contributed by atoms with van der Waals surface area (Å²) in [5.41, 5.74) is 2.22. The van der Waals surface area contributed by atoms with Crippen LogP contribution in [0.5, 0.6) is 0 Å². The number of aliphatic hydroxyl groups excluding tert-OH is 1. The van der Waals surface area contributed by atoms with E-state index in [0.29, 0.717) is 12.3 Å². The van der Waals surface area contributed by atoms with Gasteiger partial charge in [-0.2, -0.15) is 0 Å². The molecule has 3 heteroatoms. The molecule has 2 rings (SSSR count). The standard InChI is InChI=1S/C12H15NOS/c1-8(2)12-13-11-9(6-7-14)4-3-5-10(11)15-12/h3-5,8,14H,6-7H2,1-2H3. The van der Waals surface area contributed by atoms with E-state index in [1.807, 2.05) is 12.1 Å². The van der Waals surface area contributed by atoms with Crippen LogP contribution in [0.3, 0.4) is 0 Å². The van der Waals surface area contributed by atoms with Gasteiger partial charge in [-0.3, -0.25) is 0 Å². The summed E-state index contributed by atoms with van der Waals surface area (Å²) in [6.45, 7) is 4.50. The molecule has 0 amide bonds. The van der Waals surface area contributed by atoms with E-state index in [1.54, 1.807) is 11.3 Å². The van der Waals surface area contributed by atoms with E-state index in [1.165, 1.54) is 9.71 Å². The van der Waals surface area contributed by atoms with Crippen molar-refractivity contribution in [2.45, 2.75) is 26.2 Å². The summed E-state index contributed by atoms with van der Waals surface area (Å²) in [4.78, 5) is 4.64. The van der Waals surface area contributed by atoms with Gasteiger partial charge >= 0.3 is 0 Å². The largest absolute Gasteiger partial charge is 0.396 e. The Morgan fingerprint density at radius 2 is 2.20 bits per heavy atom. The lowest BCUT2D eigenvalue weighted by atomic mass is 10.1. The van der Waals surface area contributed by atoms with Crippen LogP contribution in [-0.4, -0.2) is 16.7 Å². The van der Waals surface area contributed by atoms with Gasteiger partial charge in [-0.15, -0.1) is 11.3 Å². The highest BCUT2D eigenvalue weighted by Gasteiger charge is 2.09. The fraction of sp³-hybridized carbons (Fsp3) is 0.417. The molecule has 15 heavy (non-hydrogen) atoms. The third-order valence-corrected chi connectivity index (χ3v) is 3.72. The van der Waals surface area contributed by atoms with E-state index in [2.05, 4.69) is 24.9 Å². The Bertz CT molecular complexity index is 462. The lowest BCUT2D eigenvalue weighted by Crippen LogP contribution is -1.92. The first-order valence-electron chi connectivity index (χ1n) is 5.21. The number of benzene rings is 1. The van der Waals surface area contributed by atoms with E-state index in [0.717, 1.165) is 11.1 Å². The van der Waals surface area contributed by atoms with Gasteiger partial charge in [0.2, 0.25) is 0 Å². The van der Waals surface area contributed by atoms with E-state index in [4.69, 9.17) is 5.11 Å². The molecule has 0 aliphatic heterocycles. The Balaban J connectivity index is 2.54. The molecular weight excluding hydrogens is 206 g/mol. The minimum absolute atomic E-state index is 0.188. The first-order valence-corrected chi connectivity index (χ1v) is 6.03. The number of hydrogen-bond donors (Lipinski definition) is 1. The van der Waals surface area contributed by atoms with Gasteiger partial charge < -0.3 is 5.11 Å². The van der Waals surface area contributed by atoms with Gasteiger partial charge in [0.15, 0.2) is 0 Å². The lowest BCUT2D eigenvalue weighted by Gasteiger charge is -1.98. The normalized spacial score (nSPS) is 11.5. The van der Waals surface area contributed by atoms with Crippen molar-refractivity contribution in [1.82, 2.24) is 4.98 Å². The van der Waals surface area contributed by atoms with Gasteiger partial charge in [0, 0.05) is 12.5 Å². The second-order valence-corrected chi connectivity index (χ2v) is 5.01. The number of aromatic nitrogens is 1. The molecule has 0 saturated carbocycles. The number of fused-ring (bicyclic) bond motifs is 1. The Hall–Kier alpha value is -0.930. The molecule has 0 aliphatic rings. The molecule has 2 nitrogen and oxygen atoms in total. The van der Waals surface area contributed by atoms with Crippen molar-refractivity contribution in [1.29, 1.82) is 0 Å². The highest BCUT2D eigenvalue weighted by Crippen LogP contribution is 2.29. The van der Waals surface area contributed by atoms with Crippen LogP contribution in [0.4, 0.5) is 0 Å². The van der Waals surface area contributed by atoms with Gasteiger partial charge in [0.05, 0.1) is 15.2 Å². The summed E-state index contributed by atoms with van der Waals surface area (Å²) < 4.78 is 1.23. The predicted molar refractivity (Wildman–Crippen MR) is 64.5 cm³/mol. The summed E-state index contributed by atoms with van der Waals surface area (Å²) in [6, 6.07) is 6.18. The quantitative estimate of drug-likeness (QED) is 0.864. The molecule has 0 saturated heterocycles. The maximum Gasteiger partial charge on any atom is 0.0964 e. The molecule has 0 unspecified atom stereocenters. The maximum absolute atomic E-state index is 8.97. The summed E-state index contributed by atoms with van der Waals surface area (Å²) in [5, 5.41) is 10.1. The van der Waals surface area contributed by atoms with Crippen molar-refractivity contribution in [2.24, 2.45) is 0 Å². The highest BCUT2D eigenvalue weighted by atomic mass is 32.1. The van der Waals surface area contributed by atoms with E-state index < -0.39 is 0 Å². The molecule has 0 atom stereocenters. The van der Waals surface area contributed by atoms with Crippen LogP contribution in [0.2, 0.25) is 0 Å². The van der Waals surface area contributed by atoms with Crippen LogP contribution in [0.15, 0.2) is 18.2 Å². The van der Waals surface area contributed by atoms with Crippen LogP contribution in [0.1, 0.15) is 30.3 Å². The van der Waals surface area contributed by atoms with Gasteiger partial charge in [-0.25, -0.2) is 4.98 Å². The van der Waals surface area contributed by atoms with Crippen LogP contribution in [0, 0.1) is 0 Å². The highest BCUT2D eigenvalue weighted by molar-refractivity contribution is 7.18. The van der Waals surface area contributed by atoms with Crippen LogP contribution < -0.4 is 0 Å². The number of aliphatic hydroxyl groups is 1. The molecule has 0 fully saturated rings. The van der Waals surface area contributed by atoms with Crippen molar-refractivity contribution >= 4 is 21.6 Å². The topological polar surface area (TPSA) is 33.1 Å². The summed E-state index contributed by atoms with van der Waals surface area (Å²) in [5.74, 6) is 0.476. The lowest BCUT2D eigenvalue weighted by molar-refractivity contribution is 0.300. The minimum Gasteiger partial charge on any atom is -0.396 e. The van der Waals surface area contributed by atoms with Gasteiger partial charge in [0.25, 0.3) is 0 Å². The van der Waals surface area contributed by atoms with Crippen molar-refractivity contribution in [2.75, 3.05) is 6.61 Å². The zero-order valence-electron chi connectivity index (χ0n) is 9.03. The fourth-order valence-corrected chi connectivity index (χ4v) is 2.61. The van der Waals surface area contributed by atoms with Crippen molar-refractivity contribution in [3.8, 4) is 0 Å². The predicted octanol–water partition coefficient (Wildman–Crippen LogP) is 2.95. The molecule has 1 aromatic heterocycles. The van der Waals surface area contributed by atoms with Crippen molar-refractivity contribution in [3.63, 3.8) is 0 Å². The average molecular weight is 221 g/mol. The minimum atomic E-state index is 0.188. The Morgan fingerprint density at radius 1 is 1.40 bits per heavy atom. The van der Waals surface area contributed by atoms with Crippen LogP contribution >= 0.6 is 11.3 Å². The molecule has 0 aliphatic carbocycles. The van der Waals surface area contributed by atoms with E-state index in [-0.39, 0.29) is 6.61 Å². The summed E-state index contributed by atoms with van der Waals surface area (Å²) in [6.07, 6.45) is 0.693. The number of nitrogens with zero attached hydrogens (tertiary/aromatic N) is 1. The van der Waals surface area contributed by atoms with Crippen molar-refractivity contribution in [3.05, 3.63) is 28.8 Å². The smallest absolute Gasteiger partial charge is 0.0964 e. The monoisotopic (exact) mass is 221 g/mol. The maximum atomic E-state index is 8.97.